The van der Waals surface area contributed by atoms with Crippen molar-refractivity contribution in [2.45, 2.75) is 51.1 Å². The standard InChI is InChI=1S/C26H27N3O2/c27-25(30)24-15-14-22-17-29(23-9-5-4-8-21(23)16-28(22)24)26(31)20-12-10-19(11-13-20)18-6-2-1-3-7-18/h4-5,8-15,18H,1-3,6-7,16-17H2,(H2,27,30). The summed E-state index contributed by atoms with van der Waals surface area (Å²) in [6.45, 7) is 0.911. The number of benzene rings is 2. The number of hydrogen-bond acceptors (Lipinski definition) is 2. The third-order valence-corrected chi connectivity index (χ3v) is 6.73. The van der Waals surface area contributed by atoms with E-state index in [1.807, 2.05) is 51.9 Å². The summed E-state index contributed by atoms with van der Waals surface area (Å²) in [4.78, 5) is 27.3. The molecule has 3 aromatic rings. The molecule has 2 aromatic carbocycles. The molecule has 0 saturated heterocycles. The van der Waals surface area contributed by atoms with Crippen molar-refractivity contribution in [2.24, 2.45) is 5.73 Å². The van der Waals surface area contributed by atoms with Gasteiger partial charge in [-0.25, -0.2) is 0 Å². The van der Waals surface area contributed by atoms with E-state index >= 15 is 0 Å². The van der Waals surface area contributed by atoms with Crippen LogP contribution in [0.25, 0.3) is 0 Å². The molecule has 5 nitrogen and oxygen atoms in total. The number of hydrogen-bond donors (Lipinski definition) is 1. The minimum atomic E-state index is -0.457. The van der Waals surface area contributed by atoms with Crippen molar-refractivity contribution in [2.75, 3.05) is 4.90 Å². The van der Waals surface area contributed by atoms with E-state index in [1.165, 1.54) is 37.7 Å². The van der Waals surface area contributed by atoms with Crippen molar-refractivity contribution >= 4 is 17.5 Å². The summed E-state index contributed by atoms with van der Waals surface area (Å²) in [5.41, 5.74) is 10.8. The predicted molar refractivity (Wildman–Crippen MR) is 121 cm³/mol. The Bertz CT molecular complexity index is 1120. The molecular weight excluding hydrogens is 386 g/mol. The van der Waals surface area contributed by atoms with Gasteiger partial charge in [0.15, 0.2) is 0 Å². The molecule has 2 N–H and O–H groups in total. The second-order valence-electron chi connectivity index (χ2n) is 8.64. The van der Waals surface area contributed by atoms with Gasteiger partial charge in [0.25, 0.3) is 11.8 Å². The highest BCUT2D eigenvalue weighted by Gasteiger charge is 2.27. The molecule has 5 rings (SSSR count). The maximum atomic E-state index is 13.6. The minimum absolute atomic E-state index is 0.0297. The molecule has 2 amide bonds. The molecule has 1 aliphatic carbocycles. The van der Waals surface area contributed by atoms with Crippen LogP contribution in [0.3, 0.4) is 0 Å². The summed E-state index contributed by atoms with van der Waals surface area (Å²) in [5, 5.41) is 0. The Morgan fingerprint density at radius 3 is 2.32 bits per heavy atom. The molecule has 5 heteroatoms. The Morgan fingerprint density at radius 2 is 1.58 bits per heavy atom. The Hall–Kier alpha value is -3.34. The number of amides is 2. The summed E-state index contributed by atoms with van der Waals surface area (Å²) in [5.74, 6) is 0.132. The molecule has 0 bridgehead atoms. The molecule has 0 atom stereocenters. The smallest absolute Gasteiger partial charge is 0.265 e. The van der Waals surface area contributed by atoms with Gasteiger partial charge in [0, 0.05) is 16.9 Å². The van der Waals surface area contributed by atoms with E-state index in [-0.39, 0.29) is 5.91 Å². The number of nitrogens with two attached hydrogens (primary N) is 1. The Labute approximate surface area is 182 Å². The van der Waals surface area contributed by atoms with E-state index in [1.54, 1.807) is 6.07 Å². The lowest BCUT2D eigenvalue weighted by Crippen LogP contribution is -2.30. The van der Waals surface area contributed by atoms with Crippen LogP contribution >= 0.6 is 0 Å². The average molecular weight is 414 g/mol. The van der Waals surface area contributed by atoms with Gasteiger partial charge in [-0.05, 0) is 60.2 Å². The lowest BCUT2D eigenvalue weighted by molar-refractivity contribution is 0.0981. The summed E-state index contributed by atoms with van der Waals surface area (Å²) in [6, 6.07) is 19.7. The van der Waals surface area contributed by atoms with Crippen LogP contribution in [0.2, 0.25) is 0 Å². The molecule has 1 fully saturated rings. The van der Waals surface area contributed by atoms with Gasteiger partial charge in [-0.3, -0.25) is 9.59 Å². The molecule has 0 unspecified atom stereocenters. The van der Waals surface area contributed by atoms with Gasteiger partial charge in [-0.2, -0.15) is 0 Å². The molecule has 2 aliphatic rings. The first-order valence-electron chi connectivity index (χ1n) is 11.1. The number of primary amides is 1. The predicted octanol–water partition coefficient (Wildman–Crippen LogP) is 4.84. The molecule has 0 radical (unpaired) electrons. The van der Waals surface area contributed by atoms with Crippen molar-refractivity contribution in [1.82, 2.24) is 4.57 Å². The second-order valence-corrected chi connectivity index (χ2v) is 8.64. The number of aromatic nitrogens is 1. The highest BCUT2D eigenvalue weighted by Crippen LogP contribution is 2.34. The van der Waals surface area contributed by atoms with Crippen LogP contribution in [-0.4, -0.2) is 16.4 Å². The van der Waals surface area contributed by atoms with E-state index < -0.39 is 5.91 Å². The first-order valence-corrected chi connectivity index (χ1v) is 11.1. The second kappa shape index (κ2) is 8.06. The maximum absolute atomic E-state index is 13.6. The number of carbonyl (C=O) groups is 2. The zero-order chi connectivity index (χ0) is 21.4. The molecule has 1 aromatic heterocycles. The van der Waals surface area contributed by atoms with Gasteiger partial charge in [-0.15, -0.1) is 0 Å². The van der Waals surface area contributed by atoms with Crippen LogP contribution in [0.4, 0.5) is 5.69 Å². The van der Waals surface area contributed by atoms with E-state index in [2.05, 4.69) is 12.1 Å². The number of nitrogens with zero attached hydrogens (tertiary/aromatic N) is 2. The zero-order valence-electron chi connectivity index (χ0n) is 17.6. The van der Waals surface area contributed by atoms with Gasteiger partial charge >= 0.3 is 0 Å². The van der Waals surface area contributed by atoms with Crippen LogP contribution in [0.15, 0.2) is 60.7 Å². The fourth-order valence-corrected chi connectivity index (χ4v) is 5.05. The van der Waals surface area contributed by atoms with Crippen molar-refractivity contribution in [3.8, 4) is 0 Å². The first kappa shape index (κ1) is 19.6. The van der Waals surface area contributed by atoms with Crippen molar-refractivity contribution in [3.05, 3.63) is 88.7 Å². The first-order chi connectivity index (χ1) is 15.1. The van der Waals surface area contributed by atoms with Crippen LogP contribution in [0, 0.1) is 0 Å². The fourth-order valence-electron chi connectivity index (χ4n) is 5.05. The van der Waals surface area contributed by atoms with Crippen LogP contribution in [0.5, 0.6) is 0 Å². The molecule has 1 saturated carbocycles. The zero-order valence-corrected chi connectivity index (χ0v) is 17.6. The maximum Gasteiger partial charge on any atom is 0.265 e. The molecular formula is C26H27N3O2. The van der Waals surface area contributed by atoms with Crippen LogP contribution in [0.1, 0.15) is 75.7 Å². The molecule has 158 valence electrons. The van der Waals surface area contributed by atoms with Crippen LogP contribution in [-0.2, 0) is 13.1 Å². The van der Waals surface area contributed by atoms with Gasteiger partial charge in [-0.1, -0.05) is 49.6 Å². The highest BCUT2D eigenvalue weighted by atomic mass is 16.2. The molecule has 1 aliphatic heterocycles. The molecule has 2 heterocycles. The van der Waals surface area contributed by atoms with Crippen molar-refractivity contribution in [1.29, 1.82) is 0 Å². The van der Waals surface area contributed by atoms with E-state index in [0.29, 0.717) is 30.3 Å². The van der Waals surface area contributed by atoms with E-state index in [0.717, 1.165) is 16.9 Å². The minimum Gasteiger partial charge on any atom is -0.364 e. The monoisotopic (exact) mass is 413 g/mol. The van der Waals surface area contributed by atoms with Gasteiger partial charge in [0.05, 0.1) is 13.1 Å². The lowest BCUT2D eigenvalue weighted by Gasteiger charge is -2.24. The number of para-hydroxylation sites is 1. The van der Waals surface area contributed by atoms with Gasteiger partial charge < -0.3 is 15.2 Å². The summed E-state index contributed by atoms with van der Waals surface area (Å²) < 4.78 is 1.92. The van der Waals surface area contributed by atoms with Gasteiger partial charge in [0.1, 0.15) is 5.69 Å². The number of rotatable bonds is 3. The largest absolute Gasteiger partial charge is 0.364 e. The third-order valence-electron chi connectivity index (χ3n) is 6.73. The quantitative estimate of drug-likeness (QED) is 0.667. The normalized spacial score (nSPS) is 16.3. The average Bonchev–Trinajstić information content (AvgIpc) is 3.13. The number of carbonyl (C=O) groups excluding carboxylic acids is 2. The summed E-state index contributed by atoms with van der Waals surface area (Å²) in [7, 11) is 0. The summed E-state index contributed by atoms with van der Waals surface area (Å²) in [6.07, 6.45) is 6.41. The Balaban J connectivity index is 1.48. The van der Waals surface area contributed by atoms with Crippen LogP contribution < -0.4 is 10.6 Å². The fraction of sp³-hybridized carbons (Fsp3) is 0.308. The van der Waals surface area contributed by atoms with Crippen molar-refractivity contribution < 1.29 is 9.59 Å². The third kappa shape index (κ3) is 3.65. The molecule has 0 spiro atoms. The van der Waals surface area contributed by atoms with E-state index in [4.69, 9.17) is 5.73 Å². The van der Waals surface area contributed by atoms with Gasteiger partial charge in [0.2, 0.25) is 0 Å². The number of anilines is 1. The SMILES string of the molecule is NC(=O)c1ccc2n1Cc1ccccc1N(C(=O)c1ccc(C3CCCCC3)cc1)C2. The lowest BCUT2D eigenvalue weighted by atomic mass is 9.84. The Morgan fingerprint density at radius 1 is 0.839 bits per heavy atom. The Kier molecular flexibility index (Phi) is 5.10. The molecule has 31 heavy (non-hydrogen) atoms. The summed E-state index contributed by atoms with van der Waals surface area (Å²) >= 11 is 0. The van der Waals surface area contributed by atoms with Crippen molar-refractivity contribution in [3.63, 3.8) is 0 Å². The topological polar surface area (TPSA) is 68.3 Å². The highest BCUT2D eigenvalue weighted by molar-refractivity contribution is 6.06. The van der Waals surface area contributed by atoms with E-state index in [9.17, 15) is 9.59 Å². The number of fused-ring (bicyclic) bond motifs is 2.